The van der Waals surface area contributed by atoms with Gasteiger partial charge < -0.3 is 14.5 Å². The van der Waals surface area contributed by atoms with Crippen LogP contribution in [-0.4, -0.2) is 87.2 Å². The number of nitrogens with zero attached hydrogens (tertiary/aromatic N) is 3. The predicted octanol–water partition coefficient (Wildman–Crippen LogP) is 1.23. The first kappa shape index (κ1) is 26.4. The zero-order valence-electron chi connectivity index (χ0n) is 19.0. The van der Waals surface area contributed by atoms with E-state index >= 15 is 0 Å². The van der Waals surface area contributed by atoms with Gasteiger partial charge in [0.25, 0.3) is 0 Å². The van der Waals surface area contributed by atoms with E-state index in [1.807, 2.05) is 0 Å². The van der Waals surface area contributed by atoms with Crippen molar-refractivity contribution in [2.75, 3.05) is 32.4 Å². The Hall–Kier alpha value is -2.87. The van der Waals surface area contributed by atoms with Gasteiger partial charge >= 0.3 is 22.2 Å². The molecule has 1 aromatic rings. The van der Waals surface area contributed by atoms with E-state index in [9.17, 15) is 31.2 Å². The summed E-state index contributed by atoms with van der Waals surface area (Å²) in [6.45, 7) is 6.28. The highest BCUT2D eigenvalue weighted by Crippen LogP contribution is 2.26. The Labute approximate surface area is 193 Å². The van der Waals surface area contributed by atoms with E-state index in [2.05, 4.69) is 0 Å². The molecule has 1 heterocycles. The zero-order valence-corrected chi connectivity index (χ0v) is 20.6. The third-order valence-corrected chi connectivity index (χ3v) is 7.29. The maximum absolute atomic E-state index is 13.3. The van der Waals surface area contributed by atoms with Crippen LogP contribution in [0.1, 0.15) is 27.7 Å². The van der Waals surface area contributed by atoms with Gasteiger partial charge in [0.2, 0.25) is 5.91 Å². The second-order valence-electron chi connectivity index (χ2n) is 8.28. The number of rotatable bonds is 3. The lowest BCUT2D eigenvalue weighted by atomic mass is 10.2. The van der Waals surface area contributed by atoms with E-state index in [0.717, 1.165) is 23.3 Å². The van der Waals surface area contributed by atoms with Gasteiger partial charge in [-0.25, -0.2) is 18.0 Å². The fourth-order valence-corrected chi connectivity index (χ4v) is 5.55. The summed E-state index contributed by atoms with van der Waals surface area (Å²) >= 11 is 0. The minimum Gasteiger partial charge on any atom is -0.441 e. The Morgan fingerprint density at radius 2 is 1.39 bits per heavy atom. The molecule has 33 heavy (non-hydrogen) atoms. The minimum atomic E-state index is -5.00. The van der Waals surface area contributed by atoms with Gasteiger partial charge in [-0.3, -0.25) is 9.63 Å². The number of ether oxygens (including phenoxy) is 1. The molecule has 1 fully saturated rings. The zero-order chi connectivity index (χ0) is 25.2. The third kappa shape index (κ3) is 6.57. The van der Waals surface area contributed by atoms with Gasteiger partial charge in [0.05, 0.1) is 4.90 Å². The van der Waals surface area contributed by atoms with Crippen molar-refractivity contribution < 1.29 is 40.8 Å². The topological polar surface area (TPSA) is 148 Å². The number of hydroxylamine groups is 1. The summed E-state index contributed by atoms with van der Waals surface area (Å²) in [5.41, 5.74) is -1.15. The summed E-state index contributed by atoms with van der Waals surface area (Å²) in [6.07, 6.45) is -1.90. The molecule has 12 nitrogen and oxygen atoms in total. The summed E-state index contributed by atoms with van der Waals surface area (Å²) in [6, 6.07) is 4.60. The maximum atomic E-state index is 13.3. The van der Waals surface area contributed by atoms with Gasteiger partial charge in [0.1, 0.15) is 10.5 Å². The first-order chi connectivity index (χ1) is 15.0. The Morgan fingerprint density at radius 3 is 1.85 bits per heavy atom. The first-order valence-electron chi connectivity index (χ1n) is 9.84. The highest BCUT2D eigenvalue weighted by atomic mass is 32.2. The Balaban J connectivity index is 2.43. The molecule has 0 atom stereocenters. The van der Waals surface area contributed by atoms with Crippen LogP contribution >= 0.6 is 0 Å². The van der Waals surface area contributed by atoms with E-state index in [-0.39, 0.29) is 36.6 Å². The molecule has 184 valence electrons. The maximum Gasteiger partial charge on any atom is 0.459 e. The predicted molar refractivity (Wildman–Crippen MR) is 115 cm³/mol. The van der Waals surface area contributed by atoms with E-state index in [4.69, 9.17) is 9.57 Å². The van der Waals surface area contributed by atoms with Crippen molar-refractivity contribution in [1.82, 2.24) is 14.3 Å². The molecule has 1 aliphatic rings. The van der Waals surface area contributed by atoms with Crippen molar-refractivity contribution in [2.24, 2.45) is 0 Å². The molecule has 0 radical (unpaired) electrons. The molecule has 3 amide bonds. The van der Waals surface area contributed by atoms with Crippen molar-refractivity contribution in [3.05, 3.63) is 24.3 Å². The number of benzene rings is 1. The fraction of sp³-hybridized carbons (Fsp3) is 0.526. The fourth-order valence-electron chi connectivity index (χ4n) is 2.88. The van der Waals surface area contributed by atoms with E-state index in [1.54, 1.807) is 0 Å². The Morgan fingerprint density at radius 1 is 0.909 bits per heavy atom. The molecule has 0 bridgehead atoms. The number of amides is 3. The molecule has 1 saturated heterocycles. The van der Waals surface area contributed by atoms with Gasteiger partial charge in [-0.05, 0) is 37.4 Å². The van der Waals surface area contributed by atoms with Crippen LogP contribution in [0.5, 0.6) is 0 Å². The van der Waals surface area contributed by atoms with Gasteiger partial charge in [-0.2, -0.15) is 8.42 Å². The van der Waals surface area contributed by atoms with Crippen molar-refractivity contribution in [1.29, 1.82) is 0 Å². The first-order valence-corrected chi connectivity index (χ1v) is 13.2. The number of carbonyl (C=O) groups excluding carboxylic acids is 3. The molecule has 14 heteroatoms. The monoisotopic (exact) mass is 505 g/mol. The molecule has 0 N–H and O–H groups in total. The molecule has 0 saturated carbocycles. The van der Waals surface area contributed by atoms with Gasteiger partial charge in [-0.15, -0.1) is 0 Å². The lowest BCUT2D eigenvalue weighted by Crippen LogP contribution is -2.52. The number of piperazine rings is 1. The molecule has 0 unspecified atom stereocenters. The Bertz CT molecular complexity index is 1130. The summed E-state index contributed by atoms with van der Waals surface area (Å²) in [7, 11) is -9.02. The molecule has 1 aromatic carbocycles. The van der Waals surface area contributed by atoms with Crippen LogP contribution in [0.2, 0.25) is 0 Å². The molecular weight excluding hydrogens is 478 g/mol. The van der Waals surface area contributed by atoms with Crippen LogP contribution < -0.4 is 0 Å². The lowest BCUT2D eigenvalue weighted by molar-refractivity contribution is -0.130. The molecule has 0 aliphatic carbocycles. The van der Waals surface area contributed by atoms with Gasteiger partial charge in [0, 0.05) is 39.4 Å². The molecular formula is C19H27N3O9S2. The van der Waals surface area contributed by atoms with Gasteiger partial charge in [-0.1, -0.05) is 12.1 Å². The van der Waals surface area contributed by atoms with Crippen molar-refractivity contribution in [2.45, 2.75) is 43.1 Å². The third-order valence-electron chi connectivity index (χ3n) is 4.43. The number of sulfone groups is 1. The largest absolute Gasteiger partial charge is 0.459 e. The molecule has 0 spiro atoms. The highest BCUT2D eigenvalue weighted by Gasteiger charge is 2.41. The highest BCUT2D eigenvalue weighted by molar-refractivity contribution is 7.93. The number of carbonyl (C=O) groups is 3. The standard InChI is InChI=1S/C19H27N3O9S2/c1-14(23)20-10-12-21(13-11-20)17(24)31-22(18(25)30-19(2,3)4)33(28,29)16-9-7-6-8-15(16)32(5,26)27/h6-9H,10-13H2,1-5H3. The van der Waals surface area contributed by atoms with E-state index < -0.39 is 47.4 Å². The molecule has 1 aliphatic heterocycles. The Kier molecular flexibility index (Phi) is 7.63. The minimum absolute atomic E-state index is 0.0422. The molecule has 2 rings (SSSR count). The van der Waals surface area contributed by atoms with Crippen molar-refractivity contribution >= 4 is 38.0 Å². The van der Waals surface area contributed by atoms with Crippen LogP contribution in [0, 0.1) is 0 Å². The van der Waals surface area contributed by atoms with Crippen molar-refractivity contribution in [3.8, 4) is 0 Å². The average Bonchev–Trinajstić information content (AvgIpc) is 2.69. The summed E-state index contributed by atoms with van der Waals surface area (Å²) in [5, 5.41) is 0. The second-order valence-corrected chi connectivity index (χ2v) is 12.0. The van der Waals surface area contributed by atoms with Crippen LogP contribution in [0.15, 0.2) is 34.1 Å². The summed E-state index contributed by atoms with van der Waals surface area (Å²) in [4.78, 5) is 43.1. The molecule has 0 aromatic heterocycles. The van der Waals surface area contributed by atoms with Crippen LogP contribution in [0.3, 0.4) is 0 Å². The quantitative estimate of drug-likeness (QED) is 0.553. The van der Waals surface area contributed by atoms with E-state index in [1.165, 1.54) is 44.7 Å². The SMILES string of the molecule is CC(=O)N1CCN(C(=O)ON(C(=O)OC(C)(C)C)S(=O)(=O)c2ccccc2S(C)(=O)=O)CC1. The average molecular weight is 506 g/mol. The summed E-state index contributed by atoms with van der Waals surface area (Å²) < 4.78 is 55.7. The van der Waals surface area contributed by atoms with Crippen molar-refractivity contribution in [3.63, 3.8) is 0 Å². The smallest absolute Gasteiger partial charge is 0.441 e. The second kappa shape index (κ2) is 9.55. The number of hydrogen-bond acceptors (Lipinski definition) is 9. The number of sulfonamides is 1. The summed E-state index contributed by atoms with van der Waals surface area (Å²) in [5.74, 6) is -0.182. The normalized spacial score (nSPS) is 15.1. The lowest BCUT2D eigenvalue weighted by Gasteiger charge is -2.34. The van der Waals surface area contributed by atoms with Gasteiger partial charge in [0.15, 0.2) is 9.84 Å². The van der Waals surface area contributed by atoms with Crippen LogP contribution in [-0.2, 0) is 34.2 Å². The van der Waals surface area contributed by atoms with Crippen LogP contribution in [0.25, 0.3) is 0 Å². The number of hydrogen-bond donors (Lipinski definition) is 0. The van der Waals surface area contributed by atoms with Crippen LogP contribution in [0.4, 0.5) is 9.59 Å². The van der Waals surface area contributed by atoms with E-state index in [0.29, 0.717) is 0 Å².